The molecule has 1 aromatic heterocycles. The SMILES string of the molecule is COc1ccc(/C(C)=N\NC(=O)c2cc(-c3ccc(OCc4ccc(Cl)cc4)cc3)n[nH]2)cc1. The van der Waals surface area contributed by atoms with Crippen molar-refractivity contribution in [2.45, 2.75) is 13.5 Å². The molecule has 172 valence electrons. The van der Waals surface area contributed by atoms with E-state index in [0.29, 0.717) is 28.7 Å². The van der Waals surface area contributed by atoms with Gasteiger partial charge >= 0.3 is 0 Å². The lowest BCUT2D eigenvalue weighted by atomic mass is 10.1. The number of carbonyl (C=O) groups excluding carboxylic acids is 1. The van der Waals surface area contributed by atoms with Gasteiger partial charge in [-0.05, 0) is 84.8 Å². The standard InChI is InChI=1S/C26H23ClN4O3/c1-17(19-5-11-22(33-2)12-6-19)28-31-26(32)25-15-24(29-30-25)20-7-13-23(14-8-20)34-16-18-3-9-21(27)10-4-18/h3-15H,16H2,1-2H3,(H,29,30)(H,31,32)/b28-17-. The summed E-state index contributed by atoms with van der Waals surface area (Å²) in [7, 11) is 1.61. The fourth-order valence-electron chi connectivity index (χ4n) is 3.15. The van der Waals surface area contributed by atoms with Crippen LogP contribution in [0, 0.1) is 0 Å². The molecule has 0 saturated carbocycles. The Labute approximate surface area is 202 Å². The number of hydrogen-bond donors (Lipinski definition) is 2. The van der Waals surface area contributed by atoms with Gasteiger partial charge in [-0.1, -0.05) is 23.7 Å². The highest BCUT2D eigenvalue weighted by molar-refractivity contribution is 6.30. The monoisotopic (exact) mass is 474 g/mol. The average Bonchev–Trinajstić information content (AvgIpc) is 3.38. The number of nitrogens with one attached hydrogen (secondary N) is 2. The molecule has 4 rings (SSSR count). The minimum absolute atomic E-state index is 0.310. The van der Waals surface area contributed by atoms with E-state index >= 15 is 0 Å². The Morgan fingerprint density at radius 2 is 1.68 bits per heavy atom. The Hall–Kier alpha value is -4.10. The summed E-state index contributed by atoms with van der Waals surface area (Å²) in [6, 6.07) is 24.1. The van der Waals surface area contributed by atoms with Crippen LogP contribution in [-0.4, -0.2) is 28.9 Å². The third-order valence-electron chi connectivity index (χ3n) is 5.12. The number of amides is 1. The van der Waals surface area contributed by atoms with Crippen LogP contribution in [0.15, 0.2) is 84.0 Å². The predicted octanol–water partition coefficient (Wildman–Crippen LogP) is 5.47. The fourth-order valence-corrected chi connectivity index (χ4v) is 3.27. The molecule has 0 aliphatic rings. The molecule has 0 saturated heterocycles. The number of nitrogens with zero attached hydrogens (tertiary/aromatic N) is 2. The first-order valence-corrected chi connectivity index (χ1v) is 10.9. The minimum atomic E-state index is -0.380. The molecule has 0 bridgehead atoms. The molecule has 0 radical (unpaired) electrons. The van der Waals surface area contributed by atoms with Crippen LogP contribution in [0.4, 0.5) is 0 Å². The maximum atomic E-state index is 12.5. The molecule has 0 aliphatic heterocycles. The zero-order valence-corrected chi connectivity index (χ0v) is 19.5. The largest absolute Gasteiger partial charge is 0.497 e. The van der Waals surface area contributed by atoms with E-state index in [0.717, 1.165) is 28.2 Å². The number of benzene rings is 3. The van der Waals surface area contributed by atoms with E-state index in [4.69, 9.17) is 21.1 Å². The van der Waals surface area contributed by atoms with Crippen molar-refractivity contribution >= 4 is 23.2 Å². The number of aromatic amines is 1. The topological polar surface area (TPSA) is 88.6 Å². The second-order valence-corrected chi connectivity index (χ2v) is 7.91. The smallest absolute Gasteiger partial charge is 0.289 e. The van der Waals surface area contributed by atoms with Crippen molar-refractivity contribution in [1.29, 1.82) is 0 Å². The van der Waals surface area contributed by atoms with Gasteiger partial charge in [0.25, 0.3) is 5.91 Å². The van der Waals surface area contributed by atoms with Crippen LogP contribution in [0.2, 0.25) is 5.02 Å². The van der Waals surface area contributed by atoms with Crippen LogP contribution < -0.4 is 14.9 Å². The Kier molecular flexibility index (Phi) is 7.25. The zero-order valence-electron chi connectivity index (χ0n) is 18.7. The Bertz CT molecular complexity index is 1280. The second-order valence-electron chi connectivity index (χ2n) is 7.47. The predicted molar refractivity (Wildman–Crippen MR) is 132 cm³/mol. The molecule has 4 aromatic rings. The molecule has 0 unspecified atom stereocenters. The minimum Gasteiger partial charge on any atom is -0.497 e. The zero-order chi connectivity index (χ0) is 23.9. The molecule has 34 heavy (non-hydrogen) atoms. The number of carbonyl (C=O) groups is 1. The Morgan fingerprint density at radius 3 is 2.35 bits per heavy atom. The van der Waals surface area contributed by atoms with Crippen molar-refractivity contribution in [1.82, 2.24) is 15.6 Å². The van der Waals surface area contributed by atoms with Crippen molar-refractivity contribution < 1.29 is 14.3 Å². The average molecular weight is 475 g/mol. The lowest BCUT2D eigenvalue weighted by molar-refractivity contribution is 0.0950. The van der Waals surface area contributed by atoms with Crippen molar-refractivity contribution in [3.8, 4) is 22.8 Å². The third kappa shape index (κ3) is 5.82. The second kappa shape index (κ2) is 10.7. The maximum absolute atomic E-state index is 12.5. The highest BCUT2D eigenvalue weighted by Crippen LogP contribution is 2.22. The van der Waals surface area contributed by atoms with Crippen LogP contribution in [-0.2, 0) is 6.61 Å². The van der Waals surface area contributed by atoms with E-state index < -0.39 is 0 Å². The van der Waals surface area contributed by atoms with Crippen molar-refractivity contribution in [3.63, 3.8) is 0 Å². The van der Waals surface area contributed by atoms with E-state index in [1.165, 1.54) is 0 Å². The van der Waals surface area contributed by atoms with E-state index in [1.54, 1.807) is 13.2 Å². The molecule has 0 spiro atoms. The first-order chi connectivity index (χ1) is 16.5. The highest BCUT2D eigenvalue weighted by atomic mass is 35.5. The van der Waals surface area contributed by atoms with E-state index in [-0.39, 0.29) is 5.91 Å². The van der Waals surface area contributed by atoms with Crippen LogP contribution in [0.5, 0.6) is 11.5 Å². The Balaban J connectivity index is 1.35. The first kappa shape index (κ1) is 23.1. The van der Waals surface area contributed by atoms with Crippen molar-refractivity contribution in [2.24, 2.45) is 5.10 Å². The molecule has 1 heterocycles. The van der Waals surface area contributed by atoms with E-state index in [9.17, 15) is 4.79 Å². The number of halogens is 1. The molecule has 2 N–H and O–H groups in total. The van der Waals surface area contributed by atoms with Crippen molar-refractivity contribution in [2.75, 3.05) is 7.11 Å². The van der Waals surface area contributed by atoms with Crippen LogP contribution in [0.25, 0.3) is 11.3 Å². The lowest BCUT2D eigenvalue weighted by Gasteiger charge is -2.07. The van der Waals surface area contributed by atoms with Gasteiger partial charge in [-0.3, -0.25) is 9.89 Å². The van der Waals surface area contributed by atoms with Crippen molar-refractivity contribution in [3.05, 3.63) is 101 Å². The van der Waals surface area contributed by atoms with Gasteiger partial charge < -0.3 is 9.47 Å². The summed E-state index contributed by atoms with van der Waals surface area (Å²) < 4.78 is 11.0. The van der Waals surface area contributed by atoms with Gasteiger partial charge in [0.15, 0.2) is 0 Å². The highest BCUT2D eigenvalue weighted by Gasteiger charge is 2.11. The normalized spacial score (nSPS) is 11.2. The maximum Gasteiger partial charge on any atom is 0.289 e. The van der Waals surface area contributed by atoms with E-state index in [2.05, 4.69) is 20.7 Å². The number of hydrazone groups is 1. The molecule has 8 heteroatoms. The molecule has 0 atom stereocenters. The summed E-state index contributed by atoms with van der Waals surface area (Å²) in [5.41, 5.74) is 6.94. The summed E-state index contributed by atoms with van der Waals surface area (Å²) in [6.07, 6.45) is 0. The molecular formula is C26H23ClN4O3. The van der Waals surface area contributed by atoms with Gasteiger partial charge in [0.1, 0.15) is 23.8 Å². The van der Waals surface area contributed by atoms with Gasteiger partial charge in [-0.15, -0.1) is 0 Å². The molecule has 0 fully saturated rings. The first-order valence-electron chi connectivity index (χ1n) is 10.5. The number of hydrogen-bond acceptors (Lipinski definition) is 5. The quantitative estimate of drug-likeness (QED) is 0.262. The third-order valence-corrected chi connectivity index (χ3v) is 5.38. The summed E-state index contributed by atoms with van der Waals surface area (Å²) in [5, 5.41) is 11.9. The van der Waals surface area contributed by atoms with Gasteiger partial charge in [-0.25, -0.2) is 5.43 Å². The summed E-state index contributed by atoms with van der Waals surface area (Å²) in [4.78, 5) is 12.5. The summed E-state index contributed by atoms with van der Waals surface area (Å²) in [6.45, 7) is 2.26. The molecular weight excluding hydrogens is 452 g/mol. The fraction of sp³-hybridized carbons (Fsp3) is 0.115. The molecule has 0 aliphatic carbocycles. The summed E-state index contributed by atoms with van der Waals surface area (Å²) >= 11 is 5.91. The van der Waals surface area contributed by atoms with E-state index in [1.807, 2.05) is 79.7 Å². The molecule has 7 nitrogen and oxygen atoms in total. The molecule has 3 aromatic carbocycles. The van der Waals surface area contributed by atoms with Gasteiger partial charge in [0, 0.05) is 10.6 Å². The van der Waals surface area contributed by atoms with Gasteiger partial charge in [0.05, 0.1) is 18.5 Å². The lowest BCUT2D eigenvalue weighted by Crippen LogP contribution is -2.19. The van der Waals surface area contributed by atoms with Crippen LogP contribution in [0.1, 0.15) is 28.5 Å². The number of rotatable bonds is 8. The van der Waals surface area contributed by atoms with Gasteiger partial charge in [0.2, 0.25) is 0 Å². The number of aromatic nitrogens is 2. The molecule has 1 amide bonds. The summed E-state index contributed by atoms with van der Waals surface area (Å²) in [5.74, 6) is 1.11. The Morgan fingerprint density at radius 1 is 1.00 bits per heavy atom. The van der Waals surface area contributed by atoms with Gasteiger partial charge in [-0.2, -0.15) is 10.2 Å². The number of methoxy groups -OCH3 is 1. The van der Waals surface area contributed by atoms with Crippen LogP contribution >= 0.6 is 11.6 Å². The number of H-pyrrole nitrogens is 1. The number of ether oxygens (including phenoxy) is 2. The van der Waals surface area contributed by atoms with Crippen LogP contribution in [0.3, 0.4) is 0 Å².